The van der Waals surface area contributed by atoms with E-state index in [1.165, 1.54) is 6.07 Å². The first-order valence-electron chi connectivity index (χ1n) is 18.0. The van der Waals surface area contributed by atoms with Gasteiger partial charge >= 0.3 is 30.0 Å². The smallest absolute Gasteiger partial charge is 0.407 e. The fourth-order valence-electron chi connectivity index (χ4n) is 5.94. The second-order valence-electron chi connectivity index (χ2n) is 15.1. The predicted octanol–water partition coefficient (Wildman–Crippen LogP) is 5.58. The van der Waals surface area contributed by atoms with Crippen LogP contribution in [0.15, 0.2) is 23.5 Å². The molecule has 1 aromatic heterocycles. The van der Waals surface area contributed by atoms with Gasteiger partial charge in [-0.05, 0) is 75.0 Å². The van der Waals surface area contributed by atoms with Gasteiger partial charge in [-0.25, -0.2) is 19.4 Å². The van der Waals surface area contributed by atoms with E-state index in [2.05, 4.69) is 60.2 Å². The minimum absolute atomic E-state index is 0.00629. The van der Waals surface area contributed by atoms with Crippen LogP contribution in [0.4, 0.5) is 15.5 Å². The Labute approximate surface area is 307 Å². The zero-order valence-corrected chi connectivity index (χ0v) is 32.3. The number of amides is 3. The van der Waals surface area contributed by atoms with Crippen LogP contribution in [0.2, 0.25) is 0 Å². The number of ether oxygens (including phenoxy) is 4. The minimum atomic E-state index is -0.617. The number of aromatic nitrogens is 2. The number of hydrogen-bond donors (Lipinski definition) is 4. The van der Waals surface area contributed by atoms with Crippen LogP contribution in [-0.2, 0) is 33.3 Å². The average molecular weight is 736 g/mol. The van der Waals surface area contributed by atoms with Gasteiger partial charge < -0.3 is 29.6 Å². The van der Waals surface area contributed by atoms with E-state index in [4.69, 9.17) is 18.9 Å². The standard InChI is InChI=1S/C37H61N5O10/c1-10-30(44)49-17-18-50-31(45)13-11-15-37(8,9)21-26(3)23-39-35(48)52-28(5)24-51-32(46)14-12-16-36(6,7)20-25(2)22-38-34(47)42-33-40-27(4)19-29(43)41-33/h10,19,25-26,28H,1,11-18,20-24H2,2-9H3,(H,39,48)(H3,38,40,41,42,43,47). The van der Waals surface area contributed by atoms with E-state index in [-0.39, 0.29) is 78.8 Å². The van der Waals surface area contributed by atoms with Gasteiger partial charge in [0.25, 0.3) is 5.56 Å². The van der Waals surface area contributed by atoms with Crippen LogP contribution >= 0.6 is 0 Å². The highest BCUT2D eigenvalue weighted by Crippen LogP contribution is 2.32. The van der Waals surface area contributed by atoms with Gasteiger partial charge in [0.15, 0.2) is 0 Å². The Balaban J connectivity index is 2.22. The first-order valence-corrected chi connectivity index (χ1v) is 18.0. The highest BCUT2D eigenvalue weighted by atomic mass is 16.6. The van der Waals surface area contributed by atoms with Crippen LogP contribution in [-0.4, -0.2) is 79.0 Å². The van der Waals surface area contributed by atoms with E-state index in [0.29, 0.717) is 31.6 Å². The number of alkyl carbamates (subject to hydrolysis) is 1. The van der Waals surface area contributed by atoms with E-state index in [1.54, 1.807) is 13.8 Å². The van der Waals surface area contributed by atoms with E-state index >= 15 is 0 Å². The van der Waals surface area contributed by atoms with Gasteiger partial charge in [0.05, 0.1) is 0 Å². The summed E-state index contributed by atoms with van der Waals surface area (Å²) in [6.45, 7) is 19.9. The van der Waals surface area contributed by atoms with Gasteiger partial charge in [-0.15, -0.1) is 0 Å². The zero-order chi connectivity index (χ0) is 39.3. The number of hydrogen-bond acceptors (Lipinski definition) is 11. The lowest BCUT2D eigenvalue weighted by Crippen LogP contribution is -2.34. The molecule has 0 aliphatic carbocycles. The molecule has 294 valence electrons. The third kappa shape index (κ3) is 22.4. The van der Waals surface area contributed by atoms with E-state index in [0.717, 1.165) is 31.8 Å². The second kappa shape index (κ2) is 23.2. The summed E-state index contributed by atoms with van der Waals surface area (Å²) in [7, 11) is 0. The number of nitrogens with one attached hydrogen (secondary N) is 4. The molecule has 0 saturated carbocycles. The first kappa shape index (κ1) is 45.6. The molecule has 1 heterocycles. The lowest BCUT2D eigenvalue weighted by molar-refractivity contribution is -0.149. The van der Waals surface area contributed by atoms with Gasteiger partial charge in [-0.2, -0.15) is 0 Å². The van der Waals surface area contributed by atoms with Crippen LogP contribution in [0.1, 0.15) is 106 Å². The molecule has 3 atom stereocenters. The molecule has 1 rings (SSSR count). The van der Waals surface area contributed by atoms with Gasteiger partial charge in [0.2, 0.25) is 5.95 Å². The van der Waals surface area contributed by atoms with Crippen LogP contribution in [0, 0.1) is 29.6 Å². The Kier molecular flexibility index (Phi) is 20.3. The molecule has 0 radical (unpaired) electrons. The number of H-pyrrole nitrogens is 1. The molecule has 0 aromatic carbocycles. The summed E-state index contributed by atoms with van der Waals surface area (Å²) < 4.78 is 20.5. The second-order valence-corrected chi connectivity index (χ2v) is 15.1. The summed E-state index contributed by atoms with van der Waals surface area (Å²) in [5.74, 6) is -0.870. The molecule has 0 aliphatic rings. The maximum Gasteiger partial charge on any atom is 0.407 e. The third-order valence-corrected chi connectivity index (χ3v) is 8.12. The Bertz CT molecular complexity index is 1380. The van der Waals surface area contributed by atoms with E-state index < -0.39 is 24.2 Å². The molecule has 4 N–H and O–H groups in total. The number of carbonyl (C=O) groups is 5. The molecule has 3 amide bonds. The van der Waals surface area contributed by atoms with E-state index in [1.807, 2.05) is 13.8 Å². The summed E-state index contributed by atoms with van der Waals surface area (Å²) in [4.78, 5) is 78.0. The average Bonchev–Trinajstić information content (AvgIpc) is 3.02. The van der Waals surface area contributed by atoms with Crippen LogP contribution in [0.3, 0.4) is 0 Å². The number of esters is 3. The number of rotatable bonds is 24. The zero-order valence-electron chi connectivity index (χ0n) is 32.3. The third-order valence-electron chi connectivity index (χ3n) is 8.12. The minimum Gasteiger partial charge on any atom is -0.462 e. The van der Waals surface area contributed by atoms with Crippen molar-refractivity contribution in [2.75, 3.05) is 38.2 Å². The van der Waals surface area contributed by atoms with Gasteiger partial charge in [-0.1, -0.05) is 48.1 Å². The molecule has 52 heavy (non-hydrogen) atoms. The van der Waals surface area contributed by atoms with Crippen molar-refractivity contribution < 1.29 is 42.9 Å². The predicted molar refractivity (Wildman–Crippen MR) is 196 cm³/mol. The Hall–Kier alpha value is -4.43. The normalized spacial score (nSPS) is 13.2. The molecule has 0 spiro atoms. The van der Waals surface area contributed by atoms with E-state index in [9.17, 15) is 28.8 Å². The highest BCUT2D eigenvalue weighted by molar-refractivity contribution is 5.87. The summed E-state index contributed by atoms with van der Waals surface area (Å²) in [6, 6.07) is 0.880. The monoisotopic (exact) mass is 735 g/mol. The SMILES string of the molecule is C=CC(=O)OCCOC(=O)CCCC(C)(C)CC(C)CNC(=O)OC(C)COC(=O)CCCC(C)(C)CC(C)CNC(=O)Nc1nc(C)cc(=O)[nH]1. The topological polar surface area (TPSA) is 204 Å². The van der Waals surface area contributed by atoms with Crippen LogP contribution < -0.4 is 21.5 Å². The summed E-state index contributed by atoms with van der Waals surface area (Å²) >= 11 is 0. The van der Waals surface area contributed by atoms with Crippen molar-refractivity contribution in [2.24, 2.45) is 22.7 Å². The molecule has 1 aromatic rings. The Morgan fingerprint density at radius 2 is 1.40 bits per heavy atom. The quantitative estimate of drug-likeness (QED) is 0.0447. The molecule has 0 saturated heterocycles. The number of urea groups is 1. The maximum absolute atomic E-state index is 12.4. The molecule has 15 nitrogen and oxygen atoms in total. The number of anilines is 1. The molecule has 0 aliphatic heterocycles. The summed E-state index contributed by atoms with van der Waals surface area (Å²) in [5.41, 5.74) is 0.00392. The fraction of sp³-hybridized carbons (Fsp3) is 0.703. The van der Waals surface area contributed by atoms with Crippen molar-refractivity contribution in [1.29, 1.82) is 0 Å². The van der Waals surface area contributed by atoms with Crippen molar-refractivity contribution in [1.82, 2.24) is 20.6 Å². The van der Waals surface area contributed by atoms with Crippen LogP contribution in [0.25, 0.3) is 0 Å². The summed E-state index contributed by atoms with van der Waals surface area (Å²) in [5, 5.41) is 8.11. The van der Waals surface area contributed by atoms with Crippen molar-refractivity contribution in [3.05, 3.63) is 34.8 Å². The molecule has 15 heteroatoms. The molecule has 0 fully saturated rings. The number of nitrogens with zero attached hydrogens (tertiary/aromatic N) is 1. The number of aryl methyl sites for hydroxylation is 1. The molecule has 3 unspecified atom stereocenters. The number of aromatic amines is 1. The van der Waals surface area contributed by atoms with Crippen molar-refractivity contribution in [2.45, 2.75) is 113 Å². The van der Waals surface area contributed by atoms with Crippen molar-refractivity contribution in [3.8, 4) is 0 Å². The number of carbonyl (C=O) groups excluding carboxylic acids is 5. The lowest BCUT2D eigenvalue weighted by atomic mass is 9.79. The summed E-state index contributed by atoms with van der Waals surface area (Å²) in [6.07, 6.45) is 4.81. The molecule has 0 bridgehead atoms. The van der Waals surface area contributed by atoms with Crippen LogP contribution in [0.5, 0.6) is 0 Å². The largest absolute Gasteiger partial charge is 0.462 e. The van der Waals surface area contributed by atoms with Crippen molar-refractivity contribution in [3.63, 3.8) is 0 Å². The van der Waals surface area contributed by atoms with Crippen molar-refractivity contribution >= 4 is 36.0 Å². The van der Waals surface area contributed by atoms with Gasteiger partial charge in [0.1, 0.15) is 25.9 Å². The molecular formula is C37H61N5O10. The Morgan fingerprint density at radius 1 is 0.865 bits per heavy atom. The first-order chi connectivity index (χ1) is 24.3. The lowest BCUT2D eigenvalue weighted by Gasteiger charge is -2.28. The van der Waals surface area contributed by atoms with Gasteiger partial charge in [0, 0.05) is 43.8 Å². The highest BCUT2D eigenvalue weighted by Gasteiger charge is 2.24. The Morgan fingerprint density at radius 3 is 1.96 bits per heavy atom. The molecular weight excluding hydrogens is 674 g/mol. The fourth-order valence-corrected chi connectivity index (χ4v) is 5.94. The van der Waals surface area contributed by atoms with Gasteiger partial charge in [-0.3, -0.25) is 24.7 Å². The maximum atomic E-state index is 12.4.